The molecule has 0 radical (unpaired) electrons. The monoisotopic (exact) mass is 215 g/mol. The summed E-state index contributed by atoms with van der Waals surface area (Å²) >= 11 is 0. The van der Waals surface area contributed by atoms with E-state index in [2.05, 4.69) is 49.4 Å². The van der Waals surface area contributed by atoms with Gasteiger partial charge in [0.05, 0.1) is 0 Å². The molecule has 0 aromatic heterocycles. The van der Waals surface area contributed by atoms with Crippen LogP contribution in [0.3, 0.4) is 0 Å². The molecule has 1 unspecified atom stereocenters. The van der Waals surface area contributed by atoms with E-state index in [0.717, 1.165) is 25.8 Å². The fraction of sp³-hybridized carbons (Fsp3) is 0.467. The Bertz CT molecular complexity index is 349. The third-order valence-corrected chi connectivity index (χ3v) is 2.78. The van der Waals surface area contributed by atoms with Crippen LogP contribution in [0.1, 0.15) is 43.4 Å². The topological polar surface area (TPSA) is 12.0 Å². The minimum Gasteiger partial charge on any atom is -0.310 e. The van der Waals surface area contributed by atoms with E-state index in [1.165, 1.54) is 11.1 Å². The van der Waals surface area contributed by atoms with Crippen LogP contribution in [0.4, 0.5) is 0 Å². The summed E-state index contributed by atoms with van der Waals surface area (Å²) in [6.45, 7) is 5.39. The van der Waals surface area contributed by atoms with Gasteiger partial charge >= 0.3 is 0 Å². The molecule has 0 bridgehead atoms. The molecule has 0 heterocycles. The highest BCUT2D eigenvalue weighted by molar-refractivity contribution is 5.28. The molecule has 1 aromatic rings. The Morgan fingerprint density at radius 1 is 1.38 bits per heavy atom. The third-order valence-electron chi connectivity index (χ3n) is 2.78. The quantitative estimate of drug-likeness (QED) is 0.717. The van der Waals surface area contributed by atoms with Crippen LogP contribution in [0.25, 0.3) is 0 Å². The molecule has 1 aromatic carbocycles. The van der Waals surface area contributed by atoms with Gasteiger partial charge in [0.2, 0.25) is 0 Å². The van der Waals surface area contributed by atoms with Crippen LogP contribution in [0.2, 0.25) is 0 Å². The van der Waals surface area contributed by atoms with Gasteiger partial charge in [0, 0.05) is 12.5 Å². The van der Waals surface area contributed by atoms with Gasteiger partial charge in [0.1, 0.15) is 0 Å². The van der Waals surface area contributed by atoms with Gasteiger partial charge in [-0.15, -0.1) is 12.3 Å². The van der Waals surface area contributed by atoms with E-state index >= 15 is 0 Å². The zero-order valence-electron chi connectivity index (χ0n) is 10.3. The number of terminal acetylenes is 1. The molecule has 0 aliphatic heterocycles. The van der Waals surface area contributed by atoms with Crippen molar-refractivity contribution >= 4 is 0 Å². The Morgan fingerprint density at radius 2 is 2.12 bits per heavy atom. The van der Waals surface area contributed by atoms with Crippen molar-refractivity contribution in [3.05, 3.63) is 35.4 Å². The molecule has 1 N–H and O–H groups in total. The van der Waals surface area contributed by atoms with Gasteiger partial charge in [0.15, 0.2) is 0 Å². The van der Waals surface area contributed by atoms with Crippen molar-refractivity contribution in [2.75, 3.05) is 6.54 Å². The van der Waals surface area contributed by atoms with Crippen molar-refractivity contribution in [3.8, 4) is 12.3 Å². The predicted molar refractivity (Wildman–Crippen MR) is 70.3 cm³/mol. The predicted octanol–water partition coefficient (Wildman–Crippen LogP) is 3.45. The van der Waals surface area contributed by atoms with Crippen LogP contribution >= 0.6 is 0 Å². The average molecular weight is 215 g/mol. The van der Waals surface area contributed by atoms with Gasteiger partial charge in [-0.1, -0.05) is 31.2 Å². The number of rotatable bonds is 6. The van der Waals surface area contributed by atoms with Gasteiger partial charge in [-0.3, -0.25) is 0 Å². The summed E-state index contributed by atoms with van der Waals surface area (Å²) in [6.07, 6.45) is 8.34. The molecule has 0 saturated heterocycles. The standard InChI is InChI=1S/C15H21N/c1-4-6-11-15(16-12-5-2)14-10-8-7-9-13(14)3/h1,7-10,15-16H,5-6,11-12H2,2-3H3. The maximum atomic E-state index is 5.34. The minimum atomic E-state index is 0.400. The summed E-state index contributed by atoms with van der Waals surface area (Å²) in [5, 5.41) is 3.57. The summed E-state index contributed by atoms with van der Waals surface area (Å²) in [7, 11) is 0. The van der Waals surface area contributed by atoms with E-state index in [0.29, 0.717) is 6.04 Å². The Kier molecular flexibility index (Phi) is 5.67. The molecule has 0 spiro atoms. The Hall–Kier alpha value is -1.26. The molecule has 1 rings (SSSR count). The maximum absolute atomic E-state index is 5.34. The van der Waals surface area contributed by atoms with E-state index in [-0.39, 0.29) is 0 Å². The molecular weight excluding hydrogens is 194 g/mol. The summed E-state index contributed by atoms with van der Waals surface area (Å²) in [4.78, 5) is 0. The number of nitrogens with one attached hydrogen (secondary N) is 1. The highest BCUT2D eigenvalue weighted by atomic mass is 14.9. The van der Waals surface area contributed by atoms with Crippen LogP contribution in [-0.4, -0.2) is 6.54 Å². The lowest BCUT2D eigenvalue weighted by Crippen LogP contribution is -2.22. The van der Waals surface area contributed by atoms with Gasteiger partial charge in [-0.2, -0.15) is 0 Å². The van der Waals surface area contributed by atoms with Crippen molar-refractivity contribution < 1.29 is 0 Å². The highest BCUT2D eigenvalue weighted by Crippen LogP contribution is 2.21. The summed E-state index contributed by atoms with van der Waals surface area (Å²) in [6, 6.07) is 8.93. The third kappa shape index (κ3) is 3.72. The Morgan fingerprint density at radius 3 is 2.75 bits per heavy atom. The molecule has 1 heteroatoms. The van der Waals surface area contributed by atoms with Gasteiger partial charge < -0.3 is 5.32 Å². The SMILES string of the molecule is C#CCCC(NCCC)c1ccccc1C. The van der Waals surface area contributed by atoms with Crippen LogP contribution in [0, 0.1) is 19.3 Å². The summed E-state index contributed by atoms with van der Waals surface area (Å²) < 4.78 is 0. The van der Waals surface area contributed by atoms with Crippen molar-refractivity contribution in [1.29, 1.82) is 0 Å². The second kappa shape index (κ2) is 7.09. The molecule has 16 heavy (non-hydrogen) atoms. The van der Waals surface area contributed by atoms with Crippen molar-refractivity contribution in [3.63, 3.8) is 0 Å². The van der Waals surface area contributed by atoms with E-state index in [1.807, 2.05) is 0 Å². The lowest BCUT2D eigenvalue weighted by Gasteiger charge is -2.20. The first kappa shape index (κ1) is 12.8. The second-order valence-corrected chi connectivity index (χ2v) is 4.11. The van der Waals surface area contributed by atoms with Crippen LogP contribution < -0.4 is 5.32 Å². The van der Waals surface area contributed by atoms with Crippen LogP contribution in [0.5, 0.6) is 0 Å². The van der Waals surface area contributed by atoms with Crippen molar-refractivity contribution in [2.24, 2.45) is 0 Å². The second-order valence-electron chi connectivity index (χ2n) is 4.11. The lowest BCUT2D eigenvalue weighted by molar-refractivity contribution is 0.503. The number of aryl methyl sites for hydroxylation is 1. The smallest absolute Gasteiger partial charge is 0.0331 e. The number of hydrogen-bond acceptors (Lipinski definition) is 1. The normalized spacial score (nSPS) is 12.1. The van der Waals surface area contributed by atoms with E-state index in [4.69, 9.17) is 6.42 Å². The molecule has 1 nitrogen and oxygen atoms in total. The van der Waals surface area contributed by atoms with Gasteiger partial charge in [-0.25, -0.2) is 0 Å². The molecule has 0 saturated carbocycles. The zero-order valence-corrected chi connectivity index (χ0v) is 10.3. The Balaban J connectivity index is 2.75. The summed E-state index contributed by atoms with van der Waals surface area (Å²) in [5.74, 6) is 2.72. The largest absolute Gasteiger partial charge is 0.310 e. The Labute approximate surface area is 99.3 Å². The van der Waals surface area contributed by atoms with E-state index in [1.54, 1.807) is 0 Å². The first-order valence-electron chi connectivity index (χ1n) is 6.02. The fourth-order valence-electron chi connectivity index (χ4n) is 1.89. The van der Waals surface area contributed by atoms with Gasteiger partial charge in [0.25, 0.3) is 0 Å². The van der Waals surface area contributed by atoms with Gasteiger partial charge in [-0.05, 0) is 37.4 Å². The molecule has 0 aliphatic carbocycles. The van der Waals surface area contributed by atoms with Crippen LogP contribution in [-0.2, 0) is 0 Å². The molecule has 0 aliphatic rings. The molecule has 0 amide bonds. The molecule has 0 fully saturated rings. The van der Waals surface area contributed by atoms with Crippen LogP contribution in [0.15, 0.2) is 24.3 Å². The van der Waals surface area contributed by atoms with Crippen molar-refractivity contribution in [1.82, 2.24) is 5.32 Å². The van der Waals surface area contributed by atoms with Crippen molar-refractivity contribution in [2.45, 2.75) is 39.2 Å². The molecular formula is C15H21N. The molecule has 86 valence electrons. The minimum absolute atomic E-state index is 0.400. The first-order valence-corrected chi connectivity index (χ1v) is 6.02. The van der Waals surface area contributed by atoms with E-state index < -0.39 is 0 Å². The lowest BCUT2D eigenvalue weighted by atomic mass is 9.97. The first-order chi connectivity index (χ1) is 7.79. The zero-order chi connectivity index (χ0) is 11.8. The average Bonchev–Trinajstić information content (AvgIpc) is 2.31. The summed E-state index contributed by atoms with van der Waals surface area (Å²) in [5.41, 5.74) is 2.72. The number of benzene rings is 1. The number of hydrogen-bond donors (Lipinski definition) is 1. The molecule has 1 atom stereocenters. The fourth-order valence-corrected chi connectivity index (χ4v) is 1.89. The van der Waals surface area contributed by atoms with E-state index in [9.17, 15) is 0 Å². The highest BCUT2D eigenvalue weighted by Gasteiger charge is 2.11. The maximum Gasteiger partial charge on any atom is 0.0331 e.